The number of rotatable bonds is 2. The molecule has 1 aliphatic rings. The Labute approximate surface area is 120 Å². The van der Waals surface area contributed by atoms with Crippen LogP contribution in [0.3, 0.4) is 0 Å². The SMILES string of the molecule is Cc1cc2c(n1-c1cccc(N(C)C)c1)CCCC2O. The first kappa shape index (κ1) is 13.3. The van der Waals surface area contributed by atoms with Crippen LogP contribution < -0.4 is 4.90 Å². The summed E-state index contributed by atoms with van der Waals surface area (Å²) in [6.07, 6.45) is 2.70. The number of fused-ring (bicyclic) bond motifs is 1. The number of nitrogens with zero attached hydrogens (tertiary/aromatic N) is 2. The molecule has 0 fully saturated rings. The molecule has 0 saturated carbocycles. The molecule has 3 rings (SSSR count). The van der Waals surface area contributed by atoms with E-state index in [9.17, 15) is 5.11 Å². The number of aromatic nitrogens is 1. The van der Waals surface area contributed by atoms with E-state index in [0.717, 1.165) is 24.8 Å². The molecule has 1 unspecified atom stereocenters. The summed E-state index contributed by atoms with van der Waals surface area (Å²) in [4.78, 5) is 2.11. The molecule has 1 atom stereocenters. The molecule has 0 saturated heterocycles. The summed E-state index contributed by atoms with van der Waals surface area (Å²) < 4.78 is 2.30. The number of aliphatic hydroxyl groups excluding tert-OH is 1. The standard InChI is InChI=1S/C17H22N2O/c1-12-10-15-16(8-5-9-17(15)20)19(12)14-7-4-6-13(11-14)18(2)3/h4,6-7,10-11,17,20H,5,8-9H2,1-3H3. The third kappa shape index (κ3) is 2.12. The number of hydrogen-bond acceptors (Lipinski definition) is 2. The Kier molecular flexibility index (Phi) is 3.30. The first-order valence-electron chi connectivity index (χ1n) is 7.25. The molecule has 2 aromatic rings. The van der Waals surface area contributed by atoms with Gasteiger partial charge in [-0.2, -0.15) is 0 Å². The average molecular weight is 270 g/mol. The van der Waals surface area contributed by atoms with Crippen LogP contribution in [0.1, 0.15) is 35.9 Å². The van der Waals surface area contributed by atoms with Gasteiger partial charge in [0.05, 0.1) is 6.10 Å². The second-order valence-electron chi connectivity index (χ2n) is 5.85. The van der Waals surface area contributed by atoms with Gasteiger partial charge in [0, 0.05) is 42.4 Å². The third-order valence-electron chi connectivity index (χ3n) is 4.17. The van der Waals surface area contributed by atoms with Crippen molar-refractivity contribution in [3.05, 3.63) is 47.3 Å². The zero-order valence-electron chi connectivity index (χ0n) is 12.4. The first-order valence-corrected chi connectivity index (χ1v) is 7.25. The van der Waals surface area contributed by atoms with Gasteiger partial charge in [0.25, 0.3) is 0 Å². The van der Waals surface area contributed by atoms with Crippen LogP contribution in [0.5, 0.6) is 0 Å². The minimum atomic E-state index is -0.296. The van der Waals surface area contributed by atoms with Crippen LogP contribution in [0, 0.1) is 6.92 Å². The van der Waals surface area contributed by atoms with Gasteiger partial charge in [-0.05, 0) is 50.5 Å². The van der Waals surface area contributed by atoms with Crippen LogP contribution in [0.4, 0.5) is 5.69 Å². The van der Waals surface area contributed by atoms with Crippen molar-refractivity contribution >= 4 is 5.69 Å². The van der Waals surface area contributed by atoms with Crippen molar-refractivity contribution in [2.24, 2.45) is 0 Å². The van der Waals surface area contributed by atoms with Crippen molar-refractivity contribution in [2.75, 3.05) is 19.0 Å². The molecule has 1 heterocycles. The summed E-state index contributed by atoms with van der Waals surface area (Å²) >= 11 is 0. The van der Waals surface area contributed by atoms with Crippen LogP contribution in [0.25, 0.3) is 5.69 Å². The van der Waals surface area contributed by atoms with Crippen molar-refractivity contribution in [3.63, 3.8) is 0 Å². The minimum Gasteiger partial charge on any atom is -0.388 e. The molecule has 1 aromatic carbocycles. The van der Waals surface area contributed by atoms with E-state index in [2.05, 4.69) is 60.8 Å². The number of aryl methyl sites for hydroxylation is 1. The van der Waals surface area contributed by atoms with E-state index >= 15 is 0 Å². The molecule has 20 heavy (non-hydrogen) atoms. The van der Waals surface area contributed by atoms with E-state index in [0.29, 0.717) is 0 Å². The quantitative estimate of drug-likeness (QED) is 0.907. The van der Waals surface area contributed by atoms with Gasteiger partial charge in [-0.3, -0.25) is 0 Å². The lowest BCUT2D eigenvalue weighted by Crippen LogP contribution is -2.12. The number of benzene rings is 1. The zero-order chi connectivity index (χ0) is 14.3. The highest BCUT2D eigenvalue weighted by Crippen LogP contribution is 2.34. The van der Waals surface area contributed by atoms with Gasteiger partial charge < -0.3 is 14.6 Å². The zero-order valence-corrected chi connectivity index (χ0v) is 12.4. The van der Waals surface area contributed by atoms with Crippen molar-refractivity contribution < 1.29 is 5.11 Å². The molecule has 0 spiro atoms. The monoisotopic (exact) mass is 270 g/mol. The first-order chi connectivity index (χ1) is 9.58. The van der Waals surface area contributed by atoms with Crippen molar-refractivity contribution in [1.82, 2.24) is 4.57 Å². The highest BCUT2D eigenvalue weighted by atomic mass is 16.3. The Morgan fingerprint density at radius 1 is 1.25 bits per heavy atom. The lowest BCUT2D eigenvalue weighted by Gasteiger charge is -2.21. The lowest BCUT2D eigenvalue weighted by molar-refractivity contribution is 0.156. The van der Waals surface area contributed by atoms with E-state index in [1.54, 1.807) is 0 Å². The lowest BCUT2D eigenvalue weighted by atomic mass is 9.95. The predicted molar refractivity (Wildman–Crippen MR) is 82.7 cm³/mol. The molecule has 3 heteroatoms. The van der Waals surface area contributed by atoms with E-state index in [-0.39, 0.29) is 6.10 Å². The number of hydrogen-bond donors (Lipinski definition) is 1. The minimum absolute atomic E-state index is 0.296. The van der Waals surface area contributed by atoms with Gasteiger partial charge in [-0.15, -0.1) is 0 Å². The number of anilines is 1. The van der Waals surface area contributed by atoms with E-state index in [1.807, 2.05) is 0 Å². The van der Waals surface area contributed by atoms with Crippen LogP contribution in [0.2, 0.25) is 0 Å². The number of aliphatic hydroxyl groups is 1. The van der Waals surface area contributed by atoms with Crippen molar-refractivity contribution in [2.45, 2.75) is 32.3 Å². The molecule has 0 amide bonds. The summed E-state index contributed by atoms with van der Waals surface area (Å²) in [6, 6.07) is 10.7. The fraction of sp³-hybridized carbons (Fsp3) is 0.412. The van der Waals surface area contributed by atoms with Crippen molar-refractivity contribution in [1.29, 1.82) is 0 Å². The highest BCUT2D eigenvalue weighted by Gasteiger charge is 2.23. The van der Waals surface area contributed by atoms with Gasteiger partial charge in [0.2, 0.25) is 0 Å². The summed E-state index contributed by atoms with van der Waals surface area (Å²) in [5, 5.41) is 10.2. The Hall–Kier alpha value is -1.74. The maximum Gasteiger partial charge on any atom is 0.0807 e. The Bertz CT molecular complexity index is 628. The molecule has 0 aliphatic heterocycles. The average Bonchev–Trinajstić information content (AvgIpc) is 2.77. The molecular weight excluding hydrogens is 248 g/mol. The summed E-state index contributed by atoms with van der Waals surface area (Å²) in [7, 11) is 4.11. The van der Waals surface area contributed by atoms with Crippen LogP contribution >= 0.6 is 0 Å². The predicted octanol–water partition coefficient (Wildman–Crippen LogP) is 3.22. The van der Waals surface area contributed by atoms with Gasteiger partial charge in [0.15, 0.2) is 0 Å². The maximum absolute atomic E-state index is 10.2. The summed E-state index contributed by atoms with van der Waals surface area (Å²) in [5.74, 6) is 0. The Balaban J connectivity index is 2.13. The molecule has 3 nitrogen and oxygen atoms in total. The van der Waals surface area contributed by atoms with Crippen LogP contribution in [-0.4, -0.2) is 23.8 Å². The highest BCUT2D eigenvalue weighted by molar-refractivity contribution is 5.54. The van der Waals surface area contributed by atoms with Crippen LogP contribution in [-0.2, 0) is 6.42 Å². The fourth-order valence-corrected chi connectivity index (χ4v) is 3.15. The molecule has 0 radical (unpaired) electrons. The van der Waals surface area contributed by atoms with Gasteiger partial charge in [-0.25, -0.2) is 0 Å². The largest absolute Gasteiger partial charge is 0.388 e. The van der Waals surface area contributed by atoms with Gasteiger partial charge in [0.1, 0.15) is 0 Å². The summed E-state index contributed by atoms with van der Waals surface area (Å²) in [6.45, 7) is 2.12. The molecule has 1 N–H and O–H groups in total. The van der Waals surface area contributed by atoms with Crippen molar-refractivity contribution in [3.8, 4) is 5.69 Å². The van der Waals surface area contributed by atoms with E-state index < -0.39 is 0 Å². The molecular formula is C17H22N2O. The van der Waals surface area contributed by atoms with E-state index in [4.69, 9.17) is 0 Å². The maximum atomic E-state index is 10.2. The Morgan fingerprint density at radius 3 is 2.80 bits per heavy atom. The van der Waals surface area contributed by atoms with Crippen LogP contribution in [0.15, 0.2) is 30.3 Å². The second-order valence-corrected chi connectivity index (χ2v) is 5.85. The molecule has 1 aliphatic carbocycles. The topological polar surface area (TPSA) is 28.4 Å². The second kappa shape index (κ2) is 4.98. The van der Waals surface area contributed by atoms with Gasteiger partial charge in [-0.1, -0.05) is 6.07 Å². The molecule has 106 valence electrons. The molecule has 1 aromatic heterocycles. The molecule has 0 bridgehead atoms. The third-order valence-corrected chi connectivity index (χ3v) is 4.17. The van der Waals surface area contributed by atoms with E-state index in [1.165, 1.54) is 22.8 Å². The normalized spacial score (nSPS) is 17.9. The fourth-order valence-electron chi connectivity index (χ4n) is 3.15. The summed E-state index contributed by atoms with van der Waals surface area (Å²) in [5.41, 5.74) is 5.97. The van der Waals surface area contributed by atoms with Gasteiger partial charge >= 0.3 is 0 Å². The smallest absolute Gasteiger partial charge is 0.0807 e. The Morgan fingerprint density at radius 2 is 2.05 bits per heavy atom.